The number of aromatic carboxylic acids is 1. The molecule has 1 aliphatic heterocycles. The third-order valence-electron chi connectivity index (χ3n) is 10.3. The van der Waals surface area contributed by atoms with Crippen LogP contribution in [0, 0.1) is 17.8 Å². The summed E-state index contributed by atoms with van der Waals surface area (Å²) >= 11 is 1.31. The van der Waals surface area contributed by atoms with Gasteiger partial charge in [-0.1, -0.05) is 81.1 Å². The maximum Gasteiger partial charge on any atom is 0.355 e. The van der Waals surface area contributed by atoms with Crippen LogP contribution in [0.3, 0.4) is 0 Å². The number of carboxylic acids is 1. The van der Waals surface area contributed by atoms with Gasteiger partial charge in [-0.3, -0.25) is 14.5 Å². The first kappa shape index (κ1) is 40.4. The van der Waals surface area contributed by atoms with Crippen molar-refractivity contribution in [3.8, 4) is 0 Å². The molecule has 9 nitrogen and oxygen atoms in total. The number of likely N-dealkylation sites (tertiary alicyclic amines) is 1. The maximum atomic E-state index is 14.8. The molecule has 264 valence electrons. The number of piperidine rings is 1. The third kappa shape index (κ3) is 11.1. The second-order valence-electron chi connectivity index (χ2n) is 15.2. The molecule has 2 rings (SSSR count). The number of thiazole rings is 1. The van der Waals surface area contributed by atoms with Crippen LogP contribution in [0.1, 0.15) is 135 Å². The molecule has 2 N–H and O–H groups in total. The zero-order chi connectivity index (χ0) is 34.8. The highest BCUT2D eigenvalue weighted by molar-refractivity contribution is 7.09. The first-order valence-corrected chi connectivity index (χ1v) is 21.4. The van der Waals surface area contributed by atoms with Gasteiger partial charge >= 0.3 is 5.97 Å². The summed E-state index contributed by atoms with van der Waals surface area (Å²) in [7, 11) is -0.279. The predicted octanol–water partition coefficient (Wildman–Crippen LogP) is 7.95. The molecule has 0 aliphatic carbocycles. The molecule has 0 radical (unpaired) electrons. The molecule has 1 saturated heterocycles. The molecule has 2 heterocycles. The van der Waals surface area contributed by atoms with Crippen molar-refractivity contribution in [3.63, 3.8) is 0 Å². The summed E-state index contributed by atoms with van der Waals surface area (Å²) in [5, 5.41) is 15.0. The normalized spacial score (nSPS) is 19.0. The average Bonchev–Trinajstić information content (AvgIpc) is 3.47. The van der Waals surface area contributed by atoms with Crippen LogP contribution < -0.4 is 5.32 Å². The SMILES string of the molecule is CCCCCCN(C(=O)[C@H](C(=O)N[C@H]1CCCCN1C)[C@@H](C)CC)[C@H](C[C@@H](O[Si](C)(C)C(C)(C)C)c1nc(C(=O)O)cs1)C(C)C. The molecule has 1 fully saturated rings. The Morgan fingerprint density at radius 1 is 1.15 bits per heavy atom. The van der Waals surface area contributed by atoms with Crippen LogP contribution in [0.25, 0.3) is 0 Å². The Labute approximate surface area is 284 Å². The molecule has 1 aromatic heterocycles. The summed E-state index contributed by atoms with van der Waals surface area (Å²) in [5.74, 6) is -2.19. The monoisotopic (exact) mass is 680 g/mol. The quantitative estimate of drug-likeness (QED) is 0.0920. The number of aromatic nitrogens is 1. The second-order valence-corrected chi connectivity index (χ2v) is 20.9. The van der Waals surface area contributed by atoms with E-state index in [4.69, 9.17) is 4.43 Å². The molecule has 11 heteroatoms. The highest BCUT2D eigenvalue weighted by atomic mass is 32.1. The second kappa shape index (κ2) is 18.1. The minimum atomic E-state index is -2.32. The summed E-state index contributed by atoms with van der Waals surface area (Å²) in [6.45, 7) is 22.9. The molecule has 1 aliphatic rings. The molecule has 46 heavy (non-hydrogen) atoms. The highest BCUT2D eigenvalue weighted by Crippen LogP contribution is 2.42. The lowest BCUT2D eigenvalue weighted by Crippen LogP contribution is -2.56. The zero-order valence-corrected chi connectivity index (χ0v) is 32.5. The van der Waals surface area contributed by atoms with Crippen molar-refractivity contribution < 1.29 is 23.9 Å². The fourth-order valence-electron chi connectivity index (χ4n) is 5.93. The van der Waals surface area contributed by atoms with Crippen LogP contribution in [-0.2, 0) is 14.0 Å². The number of carbonyl (C=O) groups excluding carboxylic acids is 2. The van der Waals surface area contributed by atoms with Crippen LogP contribution in [0.2, 0.25) is 18.1 Å². The van der Waals surface area contributed by atoms with Crippen LogP contribution in [0.5, 0.6) is 0 Å². The smallest absolute Gasteiger partial charge is 0.355 e. The van der Waals surface area contributed by atoms with Gasteiger partial charge in [0.25, 0.3) is 0 Å². The van der Waals surface area contributed by atoms with Crippen LogP contribution in [-0.4, -0.2) is 78.3 Å². The summed E-state index contributed by atoms with van der Waals surface area (Å²) < 4.78 is 7.00. The predicted molar refractivity (Wildman–Crippen MR) is 191 cm³/mol. The van der Waals surface area contributed by atoms with E-state index in [1.54, 1.807) is 5.38 Å². The van der Waals surface area contributed by atoms with Gasteiger partial charge in [-0.2, -0.15) is 0 Å². The van der Waals surface area contributed by atoms with E-state index in [-0.39, 0.29) is 46.6 Å². The van der Waals surface area contributed by atoms with Gasteiger partial charge in [-0.05, 0) is 75.7 Å². The third-order valence-corrected chi connectivity index (χ3v) is 15.7. The fourth-order valence-corrected chi connectivity index (χ4v) is 8.12. The summed E-state index contributed by atoms with van der Waals surface area (Å²) in [4.78, 5) is 49.3. The molecule has 2 amide bonds. The van der Waals surface area contributed by atoms with Crippen molar-refractivity contribution >= 4 is 37.4 Å². The molecule has 0 saturated carbocycles. The zero-order valence-electron chi connectivity index (χ0n) is 30.6. The lowest BCUT2D eigenvalue weighted by molar-refractivity contribution is -0.148. The van der Waals surface area contributed by atoms with Gasteiger partial charge in [0.2, 0.25) is 11.8 Å². The average molecular weight is 681 g/mol. The van der Waals surface area contributed by atoms with Gasteiger partial charge < -0.3 is 19.7 Å². The van der Waals surface area contributed by atoms with Crippen LogP contribution in [0.15, 0.2) is 5.38 Å². The van der Waals surface area contributed by atoms with E-state index in [9.17, 15) is 19.5 Å². The molecular weight excluding hydrogens is 617 g/mol. The van der Waals surface area contributed by atoms with Gasteiger partial charge in [-0.25, -0.2) is 9.78 Å². The van der Waals surface area contributed by atoms with Crippen molar-refractivity contribution in [2.45, 2.75) is 150 Å². The molecule has 0 unspecified atom stereocenters. The van der Waals surface area contributed by atoms with E-state index in [0.29, 0.717) is 24.4 Å². The first-order chi connectivity index (χ1) is 21.4. The van der Waals surface area contributed by atoms with E-state index < -0.39 is 26.3 Å². The standard InChI is InChI=1S/C35H64N4O5SSi/c1-12-14-15-17-21-39(33(41)30(25(5)13-2)31(40)37-29-19-16-18-20-38(29)9)27(24(3)4)22-28(44-46(10,11)35(6,7)8)32-36-26(23-45-32)34(42)43/h23-25,27-30H,12-22H2,1-11H3,(H,37,40)(H,42,43)/t25-,27+,28+,29+,30-/m0/s1. The Morgan fingerprint density at radius 3 is 2.35 bits per heavy atom. The topological polar surface area (TPSA) is 112 Å². The molecule has 5 atom stereocenters. The largest absolute Gasteiger partial charge is 0.476 e. The molecule has 1 aromatic rings. The van der Waals surface area contributed by atoms with Crippen LogP contribution >= 0.6 is 11.3 Å². The number of hydrogen-bond acceptors (Lipinski definition) is 7. The number of hydrogen-bond donors (Lipinski definition) is 2. The van der Waals surface area contributed by atoms with E-state index in [1.165, 1.54) is 11.3 Å². The van der Waals surface area contributed by atoms with E-state index in [0.717, 1.165) is 51.5 Å². The van der Waals surface area contributed by atoms with Crippen molar-refractivity contribution in [3.05, 3.63) is 16.1 Å². The first-order valence-electron chi connectivity index (χ1n) is 17.6. The van der Waals surface area contributed by atoms with E-state index >= 15 is 0 Å². The summed E-state index contributed by atoms with van der Waals surface area (Å²) in [6, 6.07) is -0.224. The fraction of sp³-hybridized carbons (Fsp3) is 0.829. The summed E-state index contributed by atoms with van der Waals surface area (Å²) in [5.41, 5.74) is 0.0126. The van der Waals surface area contributed by atoms with E-state index in [1.807, 2.05) is 25.8 Å². The number of unbranched alkanes of at least 4 members (excludes halogenated alkanes) is 3. The Morgan fingerprint density at radius 2 is 1.83 bits per heavy atom. The maximum absolute atomic E-state index is 14.8. The summed E-state index contributed by atoms with van der Waals surface area (Å²) in [6.07, 6.45) is 7.78. The van der Waals surface area contributed by atoms with Crippen molar-refractivity contribution in [2.75, 3.05) is 20.1 Å². The van der Waals surface area contributed by atoms with Gasteiger partial charge in [0.15, 0.2) is 14.0 Å². The number of amides is 2. The molecule has 0 bridgehead atoms. The lowest BCUT2D eigenvalue weighted by Gasteiger charge is -2.43. The minimum absolute atomic E-state index is 0.0126. The number of nitrogens with one attached hydrogen (secondary N) is 1. The Balaban J connectivity index is 2.55. The Kier molecular flexibility index (Phi) is 15.9. The Hall–Kier alpha value is -1.82. The molecule has 0 spiro atoms. The van der Waals surface area contributed by atoms with Crippen molar-refractivity contribution in [2.24, 2.45) is 17.8 Å². The number of carboxylic acid groups (broad SMARTS) is 1. The van der Waals surface area contributed by atoms with Gasteiger partial charge in [0, 0.05) is 18.0 Å². The molecule has 0 aromatic carbocycles. The van der Waals surface area contributed by atoms with Crippen LogP contribution in [0.4, 0.5) is 0 Å². The van der Waals surface area contributed by atoms with Gasteiger partial charge in [0.05, 0.1) is 12.3 Å². The number of carbonyl (C=O) groups is 3. The lowest BCUT2D eigenvalue weighted by atomic mass is 9.87. The number of rotatable bonds is 18. The van der Waals surface area contributed by atoms with Gasteiger partial charge in [-0.15, -0.1) is 11.3 Å². The number of nitrogens with zero attached hydrogens (tertiary/aromatic N) is 3. The van der Waals surface area contributed by atoms with Crippen molar-refractivity contribution in [1.82, 2.24) is 20.1 Å². The van der Waals surface area contributed by atoms with Crippen molar-refractivity contribution in [1.29, 1.82) is 0 Å². The van der Waals surface area contributed by atoms with Gasteiger partial charge in [0.1, 0.15) is 10.9 Å². The minimum Gasteiger partial charge on any atom is -0.476 e. The highest BCUT2D eigenvalue weighted by Gasteiger charge is 2.43. The van der Waals surface area contributed by atoms with E-state index in [2.05, 4.69) is 69.8 Å². The Bertz CT molecular complexity index is 1120. The molecular formula is C35H64N4O5SSi.